The van der Waals surface area contributed by atoms with Crippen LogP contribution in [0, 0.1) is 28.7 Å². The first-order valence-electron chi connectivity index (χ1n) is 7.48. The molecule has 25 heavy (non-hydrogen) atoms. The second-order valence-corrected chi connectivity index (χ2v) is 5.21. The molecule has 0 N–H and O–H groups in total. The van der Waals surface area contributed by atoms with Crippen molar-refractivity contribution in [3.05, 3.63) is 112 Å². The molecule has 0 saturated heterocycles. The maximum absolute atomic E-state index is 3.00. The van der Waals surface area contributed by atoms with Gasteiger partial charge in [-0.3, -0.25) is 0 Å². The molecule has 0 radical (unpaired) electrons. The molecule has 0 spiro atoms. The summed E-state index contributed by atoms with van der Waals surface area (Å²) in [6.45, 7) is 10.3. The van der Waals surface area contributed by atoms with Crippen LogP contribution < -0.4 is 0 Å². The van der Waals surface area contributed by atoms with E-state index in [4.69, 9.17) is 0 Å². The molecule has 128 valence electrons. The molecule has 4 aromatic carbocycles. The Morgan fingerprint density at radius 2 is 1.00 bits per heavy atom. The number of aryl methyl sites for hydroxylation is 2. The van der Waals surface area contributed by atoms with Crippen LogP contribution in [0.25, 0.3) is 21.5 Å². The Kier molecular flexibility index (Phi) is 12.9. The fraction of sp³-hybridized carbons (Fsp3) is 0.0833. The second-order valence-electron chi connectivity index (χ2n) is 5.21. The quantitative estimate of drug-likeness (QED) is 0.210. The number of benzene rings is 2. The van der Waals surface area contributed by atoms with E-state index < -0.39 is 0 Å². The Labute approximate surface area is 173 Å². The van der Waals surface area contributed by atoms with Gasteiger partial charge >= 0.3 is 26.2 Å². The van der Waals surface area contributed by atoms with Gasteiger partial charge in [-0.25, -0.2) is 0 Å². The molecule has 0 aliphatic carbocycles. The SMILES string of the molecule is C=C.Cc1cccc2cc[cH-]c12.Cc1cccc2cc[cH-]c12.[CH3-].[CH3-].[Zr+4]. The standard InChI is InChI=1S/2C10H9.C2H4.2CH3.Zr/c2*1-8-4-2-5-9-6-3-7-10(8)9;1-2;;;/h2*2-7H,1H3;1-2H2;2*1H3;/q2*-1;;2*-1;+4. The van der Waals surface area contributed by atoms with Crippen LogP contribution in [0.3, 0.4) is 0 Å². The molecule has 0 aromatic heterocycles. The molecular weight excluding hydrogens is 379 g/mol. The molecule has 0 fully saturated rings. The Hall–Kier alpha value is -1.72. The van der Waals surface area contributed by atoms with Crippen molar-refractivity contribution in [3.8, 4) is 0 Å². The van der Waals surface area contributed by atoms with Crippen LogP contribution in [0.1, 0.15) is 11.1 Å². The van der Waals surface area contributed by atoms with E-state index in [0.717, 1.165) is 0 Å². The van der Waals surface area contributed by atoms with Crippen molar-refractivity contribution in [1.82, 2.24) is 0 Å². The summed E-state index contributed by atoms with van der Waals surface area (Å²) < 4.78 is 0. The number of hydrogen-bond acceptors (Lipinski definition) is 0. The van der Waals surface area contributed by atoms with E-state index in [1.807, 2.05) is 0 Å². The van der Waals surface area contributed by atoms with E-state index in [2.05, 4.69) is 99.8 Å². The normalized spacial score (nSPS) is 8.56. The predicted octanol–water partition coefficient (Wildman–Crippen LogP) is 7.43. The third-order valence-corrected chi connectivity index (χ3v) is 3.79. The molecule has 0 amide bonds. The molecule has 0 bridgehead atoms. The van der Waals surface area contributed by atoms with Gasteiger partial charge < -0.3 is 14.9 Å². The van der Waals surface area contributed by atoms with Crippen LogP contribution in [0.15, 0.2) is 86.0 Å². The van der Waals surface area contributed by atoms with E-state index in [0.29, 0.717) is 0 Å². The Morgan fingerprint density at radius 3 is 1.32 bits per heavy atom. The topological polar surface area (TPSA) is 0 Å². The van der Waals surface area contributed by atoms with Crippen molar-refractivity contribution in [2.75, 3.05) is 0 Å². The van der Waals surface area contributed by atoms with Gasteiger partial charge in [-0.1, -0.05) is 26.0 Å². The fourth-order valence-corrected chi connectivity index (χ4v) is 2.65. The van der Waals surface area contributed by atoms with Crippen LogP contribution >= 0.6 is 0 Å². The summed E-state index contributed by atoms with van der Waals surface area (Å²) >= 11 is 0. The minimum absolute atomic E-state index is 0. The molecule has 0 unspecified atom stereocenters. The van der Waals surface area contributed by atoms with Crippen molar-refractivity contribution in [1.29, 1.82) is 0 Å². The summed E-state index contributed by atoms with van der Waals surface area (Å²) in [5.41, 5.74) is 2.73. The minimum Gasteiger partial charge on any atom is -0.358 e. The van der Waals surface area contributed by atoms with Crippen molar-refractivity contribution in [2.45, 2.75) is 13.8 Å². The van der Waals surface area contributed by atoms with E-state index in [-0.39, 0.29) is 41.1 Å². The van der Waals surface area contributed by atoms with Gasteiger partial charge in [-0.05, 0) is 0 Å². The fourth-order valence-electron chi connectivity index (χ4n) is 2.65. The largest absolute Gasteiger partial charge is 4.00 e. The molecule has 4 rings (SSSR count). The van der Waals surface area contributed by atoms with E-state index in [1.165, 1.54) is 32.7 Å². The van der Waals surface area contributed by atoms with E-state index >= 15 is 0 Å². The van der Waals surface area contributed by atoms with Crippen LogP contribution in [-0.2, 0) is 26.2 Å². The molecule has 0 heterocycles. The molecule has 0 atom stereocenters. The Balaban J connectivity index is 0. The number of fused-ring (bicyclic) bond motifs is 2. The van der Waals surface area contributed by atoms with Crippen molar-refractivity contribution in [2.24, 2.45) is 0 Å². The smallest absolute Gasteiger partial charge is 0.358 e. The maximum Gasteiger partial charge on any atom is 4.00 e. The van der Waals surface area contributed by atoms with Gasteiger partial charge in [0.15, 0.2) is 0 Å². The average molecular weight is 408 g/mol. The summed E-state index contributed by atoms with van der Waals surface area (Å²) in [7, 11) is 0. The predicted molar refractivity (Wildman–Crippen MR) is 113 cm³/mol. The van der Waals surface area contributed by atoms with Gasteiger partial charge in [0, 0.05) is 0 Å². The number of hydrogen-bond donors (Lipinski definition) is 0. The molecule has 0 aliphatic rings. The van der Waals surface area contributed by atoms with Crippen LogP contribution in [0.4, 0.5) is 0 Å². The van der Waals surface area contributed by atoms with E-state index in [1.54, 1.807) is 0 Å². The number of rotatable bonds is 0. The van der Waals surface area contributed by atoms with Crippen molar-refractivity contribution < 1.29 is 26.2 Å². The third kappa shape index (κ3) is 6.26. The minimum atomic E-state index is 0. The van der Waals surface area contributed by atoms with Crippen LogP contribution in [0.5, 0.6) is 0 Å². The first-order valence-corrected chi connectivity index (χ1v) is 7.48. The molecule has 0 nitrogen and oxygen atoms in total. The monoisotopic (exact) mass is 406 g/mol. The summed E-state index contributed by atoms with van der Waals surface area (Å²) in [6, 6.07) is 25.5. The van der Waals surface area contributed by atoms with Gasteiger partial charge in [-0.2, -0.15) is 24.3 Å². The first kappa shape index (κ1) is 25.5. The van der Waals surface area contributed by atoms with Gasteiger partial charge in [0.05, 0.1) is 0 Å². The Morgan fingerprint density at radius 1 is 0.640 bits per heavy atom. The van der Waals surface area contributed by atoms with E-state index in [9.17, 15) is 0 Å². The summed E-state index contributed by atoms with van der Waals surface area (Å²) in [5, 5.41) is 5.45. The molecule has 4 aromatic rings. The first-order chi connectivity index (χ1) is 10.8. The van der Waals surface area contributed by atoms with Gasteiger partial charge in [0.25, 0.3) is 0 Å². The zero-order valence-electron chi connectivity index (χ0n) is 15.8. The zero-order chi connectivity index (χ0) is 15.9. The van der Waals surface area contributed by atoms with Gasteiger partial charge in [-0.15, -0.1) is 82.2 Å². The zero-order valence-corrected chi connectivity index (χ0v) is 18.3. The van der Waals surface area contributed by atoms with Crippen molar-refractivity contribution in [3.63, 3.8) is 0 Å². The second kappa shape index (κ2) is 12.6. The molecule has 0 saturated carbocycles. The maximum atomic E-state index is 3.00. The van der Waals surface area contributed by atoms with Crippen molar-refractivity contribution >= 4 is 21.5 Å². The molecule has 0 aliphatic heterocycles. The average Bonchev–Trinajstić information content (AvgIpc) is 3.20. The van der Waals surface area contributed by atoms with Gasteiger partial charge in [0.1, 0.15) is 0 Å². The molecular formula is C24H28Zr. The summed E-state index contributed by atoms with van der Waals surface area (Å²) in [5.74, 6) is 0. The van der Waals surface area contributed by atoms with Gasteiger partial charge in [0.2, 0.25) is 0 Å². The molecule has 1 heteroatoms. The summed E-state index contributed by atoms with van der Waals surface area (Å²) in [6.07, 6.45) is 0. The van der Waals surface area contributed by atoms with Crippen LogP contribution in [-0.4, -0.2) is 0 Å². The Bertz CT molecular complexity index is 776. The van der Waals surface area contributed by atoms with Crippen LogP contribution in [0.2, 0.25) is 0 Å². The summed E-state index contributed by atoms with van der Waals surface area (Å²) in [4.78, 5) is 0. The third-order valence-electron chi connectivity index (χ3n) is 3.79.